The Morgan fingerprint density at radius 1 is 1.10 bits per heavy atom. The van der Waals surface area contributed by atoms with Crippen LogP contribution in [-0.2, 0) is 13.2 Å². The quantitative estimate of drug-likeness (QED) is 0.432. The number of benzene rings is 2. The molecule has 0 aliphatic heterocycles. The molecule has 0 saturated heterocycles. The summed E-state index contributed by atoms with van der Waals surface area (Å²) in [5.74, 6) is -0.987. The molecule has 4 nitrogen and oxygen atoms in total. The van der Waals surface area contributed by atoms with Gasteiger partial charge in [-0.2, -0.15) is 18.3 Å². The van der Waals surface area contributed by atoms with E-state index in [1.54, 1.807) is 36.0 Å². The Balaban J connectivity index is 1.68. The zero-order chi connectivity index (χ0) is 20.8. The van der Waals surface area contributed by atoms with Crippen LogP contribution in [0, 0.1) is 5.82 Å². The average molecular weight is 419 g/mol. The van der Waals surface area contributed by atoms with Gasteiger partial charge in [-0.1, -0.05) is 18.2 Å². The molecule has 0 spiro atoms. The fourth-order valence-electron chi connectivity index (χ4n) is 2.97. The normalized spacial score (nSPS) is 11.8. The summed E-state index contributed by atoms with van der Waals surface area (Å²) in [5.41, 5.74) is -0.108. The first-order valence-electron chi connectivity index (χ1n) is 8.44. The van der Waals surface area contributed by atoms with Gasteiger partial charge in [0.05, 0.1) is 10.4 Å². The summed E-state index contributed by atoms with van der Waals surface area (Å²) >= 11 is 1.13. The number of amides is 1. The van der Waals surface area contributed by atoms with Crippen molar-refractivity contribution in [2.45, 2.75) is 6.18 Å². The van der Waals surface area contributed by atoms with Crippen LogP contribution < -0.4 is 5.32 Å². The lowest BCUT2D eigenvalue weighted by Crippen LogP contribution is -2.11. The van der Waals surface area contributed by atoms with E-state index < -0.39 is 23.5 Å². The fraction of sp³-hybridized carbons (Fsp3) is 0.100. The maximum absolute atomic E-state index is 14.2. The lowest BCUT2D eigenvalue weighted by Gasteiger charge is -2.09. The number of nitrogens with one attached hydrogen (secondary N) is 1. The Bertz CT molecular complexity index is 1230. The molecule has 29 heavy (non-hydrogen) atoms. The number of alkyl halides is 3. The van der Waals surface area contributed by atoms with Gasteiger partial charge in [0, 0.05) is 23.7 Å². The molecule has 0 radical (unpaired) electrons. The zero-order valence-electron chi connectivity index (χ0n) is 14.9. The molecule has 4 aromatic rings. The van der Waals surface area contributed by atoms with Gasteiger partial charge in [0.25, 0.3) is 5.91 Å². The number of thiophene rings is 1. The van der Waals surface area contributed by atoms with E-state index in [2.05, 4.69) is 10.4 Å². The van der Waals surface area contributed by atoms with Crippen LogP contribution >= 0.6 is 11.3 Å². The highest BCUT2D eigenvalue weighted by Gasteiger charge is 2.30. The summed E-state index contributed by atoms with van der Waals surface area (Å²) in [5, 5.41) is 7.41. The van der Waals surface area contributed by atoms with E-state index in [4.69, 9.17) is 0 Å². The second kappa shape index (κ2) is 7.00. The number of nitrogens with zero attached hydrogens (tertiary/aromatic N) is 2. The van der Waals surface area contributed by atoms with Crippen LogP contribution in [-0.4, -0.2) is 15.7 Å². The standard InChI is InChI=1S/C20H13F4N3OS/c1-27-19-14(17(26-27)13-7-2-3-8-15(13)21)10-16(29-19)18(28)25-12-6-4-5-11(9-12)20(22,23)24/h2-10H,1H3,(H,25,28). The summed E-state index contributed by atoms with van der Waals surface area (Å²) in [7, 11) is 1.68. The lowest BCUT2D eigenvalue weighted by atomic mass is 10.1. The smallest absolute Gasteiger partial charge is 0.321 e. The highest BCUT2D eigenvalue weighted by Crippen LogP contribution is 2.35. The number of hydrogen-bond donors (Lipinski definition) is 1. The van der Waals surface area contributed by atoms with Gasteiger partial charge in [-0.3, -0.25) is 9.48 Å². The Labute approximate surface area is 166 Å². The highest BCUT2D eigenvalue weighted by atomic mass is 32.1. The first-order valence-corrected chi connectivity index (χ1v) is 9.26. The van der Waals surface area contributed by atoms with E-state index in [1.165, 1.54) is 18.2 Å². The molecule has 0 atom stereocenters. The number of aryl methyl sites for hydroxylation is 1. The predicted octanol–water partition coefficient (Wildman–Crippen LogP) is 5.71. The molecule has 1 amide bonds. The van der Waals surface area contributed by atoms with Crippen molar-refractivity contribution in [2.24, 2.45) is 7.05 Å². The summed E-state index contributed by atoms with van der Waals surface area (Å²) in [4.78, 5) is 13.5. The third-order valence-electron chi connectivity index (χ3n) is 4.31. The zero-order valence-corrected chi connectivity index (χ0v) is 15.7. The number of rotatable bonds is 3. The van der Waals surface area contributed by atoms with E-state index in [1.807, 2.05) is 0 Å². The van der Waals surface area contributed by atoms with E-state index >= 15 is 0 Å². The maximum Gasteiger partial charge on any atom is 0.416 e. The summed E-state index contributed by atoms with van der Waals surface area (Å²) < 4.78 is 54.3. The minimum Gasteiger partial charge on any atom is -0.321 e. The molecular weight excluding hydrogens is 406 g/mol. The van der Waals surface area contributed by atoms with Gasteiger partial charge < -0.3 is 5.32 Å². The molecule has 0 bridgehead atoms. The second-order valence-corrected chi connectivity index (χ2v) is 7.34. The molecule has 0 aliphatic rings. The van der Waals surface area contributed by atoms with Crippen molar-refractivity contribution < 1.29 is 22.4 Å². The van der Waals surface area contributed by atoms with Gasteiger partial charge in [-0.05, 0) is 36.4 Å². The SMILES string of the molecule is Cn1nc(-c2ccccc2F)c2cc(C(=O)Nc3cccc(C(F)(F)F)c3)sc21. The maximum atomic E-state index is 14.2. The van der Waals surface area contributed by atoms with Gasteiger partial charge in [0.15, 0.2) is 0 Å². The van der Waals surface area contributed by atoms with Crippen LogP contribution in [0.5, 0.6) is 0 Å². The third kappa shape index (κ3) is 3.61. The molecule has 1 N–H and O–H groups in total. The molecule has 4 rings (SSSR count). The first-order chi connectivity index (χ1) is 13.7. The van der Waals surface area contributed by atoms with E-state index in [0.717, 1.165) is 23.5 Å². The molecule has 0 fully saturated rings. The summed E-state index contributed by atoms with van der Waals surface area (Å²) in [6.45, 7) is 0. The van der Waals surface area contributed by atoms with Crippen molar-refractivity contribution in [3.63, 3.8) is 0 Å². The largest absolute Gasteiger partial charge is 0.416 e. The Morgan fingerprint density at radius 2 is 1.86 bits per heavy atom. The third-order valence-corrected chi connectivity index (χ3v) is 5.51. The molecule has 2 heterocycles. The number of hydrogen-bond acceptors (Lipinski definition) is 3. The minimum atomic E-state index is -4.50. The summed E-state index contributed by atoms with van der Waals surface area (Å²) in [6.07, 6.45) is -4.50. The number of carbonyl (C=O) groups is 1. The molecule has 9 heteroatoms. The van der Waals surface area contributed by atoms with Crippen molar-refractivity contribution in [1.29, 1.82) is 0 Å². The van der Waals surface area contributed by atoms with Crippen LogP contribution in [0.2, 0.25) is 0 Å². The number of fused-ring (bicyclic) bond motifs is 1. The van der Waals surface area contributed by atoms with Crippen molar-refractivity contribution in [3.05, 3.63) is 70.9 Å². The van der Waals surface area contributed by atoms with Crippen LogP contribution in [0.3, 0.4) is 0 Å². The number of halogens is 4. The van der Waals surface area contributed by atoms with E-state index in [0.29, 0.717) is 21.5 Å². The number of aromatic nitrogens is 2. The first kappa shape index (κ1) is 19.1. The van der Waals surface area contributed by atoms with Gasteiger partial charge in [-0.15, -0.1) is 11.3 Å². The second-order valence-electron chi connectivity index (χ2n) is 6.31. The molecule has 0 unspecified atom stereocenters. The van der Waals surface area contributed by atoms with Crippen molar-refractivity contribution in [3.8, 4) is 11.3 Å². The average Bonchev–Trinajstić information content (AvgIpc) is 3.23. The van der Waals surface area contributed by atoms with E-state index in [-0.39, 0.29) is 10.6 Å². The molecule has 148 valence electrons. The number of carbonyl (C=O) groups excluding carboxylic acids is 1. The molecule has 0 aliphatic carbocycles. The van der Waals surface area contributed by atoms with Gasteiger partial charge in [-0.25, -0.2) is 4.39 Å². The van der Waals surface area contributed by atoms with Crippen LogP contribution in [0.4, 0.5) is 23.2 Å². The van der Waals surface area contributed by atoms with Crippen molar-refractivity contribution >= 4 is 33.1 Å². The van der Waals surface area contributed by atoms with Gasteiger partial charge in [0.2, 0.25) is 0 Å². The fourth-order valence-corrected chi connectivity index (χ4v) is 3.94. The van der Waals surface area contributed by atoms with E-state index in [9.17, 15) is 22.4 Å². The van der Waals surface area contributed by atoms with Crippen LogP contribution in [0.1, 0.15) is 15.2 Å². The van der Waals surface area contributed by atoms with Gasteiger partial charge >= 0.3 is 6.18 Å². The van der Waals surface area contributed by atoms with Crippen LogP contribution in [0.25, 0.3) is 21.5 Å². The minimum absolute atomic E-state index is 0.0368. The lowest BCUT2D eigenvalue weighted by molar-refractivity contribution is -0.137. The highest BCUT2D eigenvalue weighted by molar-refractivity contribution is 7.20. The Hall–Kier alpha value is -3.20. The Kier molecular flexibility index (Phi) is 4.62. The Morgan fingerprint density at radius 3 is 2.59 bits per heavy atom. The van der Waals surface area contributed by atoms with Crippen LogP contribution in [0.15, 0.2) is 54.6 Å². The molecule has 0 saturated carbocycles. The van der Waals surface area contributed by atoms with Crippen molar-refractivity contribution in [2.75, 3.05) is 5.32 Å². The molecular formula is C20H13F4N3OS. The number of anilines is 1. The van der Waals surface area contributed by atoms with Crippen molar-refractivity contribution in [1.82, 2.24) is 9.78 Å². The monoisotopic (exact) mass is 419 g/mol. The molecule has 2 aromatic carbocycles. The summed E-state index contributed by atoms with van der Waals surface area (Å²) in [6, 6.07) is 12.2. The topological polar surface area (TPSA) is 46.9 Å². The van der Waals surface area contributed by atoms with Gasteiger partial charge in [0.1, 0.15) is 16.3 Å². The predicted molar refractivity (Wildman–Crippen MR) is 103 cm³/mol. The molecule has 2 aromatic heterocycles.